The second-order valence-corrected chi connectivity index (χ2v) is 8.15. The summed E-state index contributed by atoms with van der Waals surface area (Å²) < 4.78 is 38.6. The number of ether oxygens (including phenoxy) is 2. The fourth-order valence-corrected chi connectivity index (χ4v) is 4.50. The van der Waals surface area contributed by atoms with Gasteiger partial charge >= 0.3 is 0 Å². The van der Waals surface area contributed by atoms with Crippen LogP contribution in [0.2, 0.25) is 0 Å². The number of halogens is 2. The van der Waals surface area contributed by atoms with Gasteiger partial charge in [-0.3, -0.25) is 4.79 Å². The average Bonchev–Trinajstić information content (AvgIpc) is 3.30. The molecule has 0 aliphatic carbocycles. The van der Waals surface area contributed by atoms with Crippen molar-refractivity contribution >= 4 is 11.6 Å². The molecule has 1 spiro atoms. The number of hydrogen-bond donors (Lipinski definition) is 0. The van der Waals surface area contributed by atoms with Crippen LogP contribution in [0.25, 0.3) is 0 Å². The molecular formula is C23H26F2N2O3. The summed E-state index contributed by atoms with van der Waals surface area (Å²) in [6, 6.07) is 11.7. The van der Waals surface area contributed by atoms with Crippen LogP contribution in [-0.2, 0) is 26.2 Å². The van der Waals surface area contributed by atoms with Crippen molar-refractivity contribution < 1.29 is 23.0 Å². The van der Waals surface area contributed by atoms with Crippen molar-refractivity contribution in [3.8, 4) is 0 Å². The molecule has 2 aliphatic heterocycles. The lowest BCUT2D eigenvalue weighted by atomic mass is 9.80. The van der Waals surface area contributed by atoms with Gasteiger partial charge in [-0.2, -0.15) is 0 Å². The number of amides is 1. The SMILES string of the molecule is COCCN(C)C(=O)C1CC2(CO1)CN(Cc1ccc(F)cc1F)c1ccccc12. The first-order valence-corrected chi connectivity index (χ1v) is 10.1. The van der Waals surface area contributed by atoms with E-state index in [1.54, 1.807) is 19.1 Å². The summed E-state index contributed by atoms with van der Waals surface area (Å²) in [5, 5.41) is 0. The Morgan fingerprint density at radius 1 is 1.30 bits per heavy atom. The maximum absolute atomic E-state index is 14.3. The van der Waals surface area contributed by atoms with Crippen LogP contribution in [0.15, 0.2) is 42.5 Å². The third-order valence-electron chi connectivity index (χ3n) is 6.11. The normalized spacial score (nSPS) is 22.5. The summed E-state index contributed by atoms with van der Waals surface area (Å²) in [6.45, 7) is 2.36. The Balaban J connectivity index is 1.55. The molecule has 1 saturated heterocycles. The molecule has 0 radical (unpaired) electrons. The molecule has 2 aliphatic rings. The molecule has 2 aromatic carbocycles. The van der Waals surface area contributed by atoms with Crippen LogP contribution < -0.4 is 4.90 Å². The molecule has 0 N–H and O–H groups in total. The third-order valence-corrected chi connectivity index (χ3v) is 6.11. The van der Waals surface area contributed by atoms with Gasteiger partial charge in [0.2, 0.25) is 0 Å². The van der Waals surface area contributed by atoms with E-state index in [0.717, 1.165) is 17.3 Å². The number of hydrogen-bond acceptors (Lipinski definition) is 4. The number of methoxy groups -OCH3 is 1. The lowest BCUT2D eigenvalue weighted by Gasteiger charge is -2.25. The molecule has 2 aromatic rings. The molecule has 0 saturated carbocycles. The number of fused-ring (bicyclic) bond motifs is 2. The minimum atomic E-state index is -0.585. The molecule has 0 bridgehead atoms. The Labute approximate surface area is 175 Å². The molecule has 2 unspecified atom stereocenters. The molecular weight excluding hydrogens is 390 g/mol. The van der Waals surface area contributed by atoms with Gasteiger partial charge in [0.25, 0.3) is 5.91 Å². The zero-order valence-corrected chi connectivity index (χ0v) is 17.2. The minimum absolute atomic E-state index is 0.0514. The van der Waals surface area contributed by atoms with E-state index in [1.807, 2.05) is 18.2 Å². The number of carbonyl (C=O) groups is 1. The van der Waals surface area contributed by atoms with Crippen LogP contribution in [0.4, 0.5) is 14.5 Å². The van der Waals surface area contributed by atoms with Crippen LogP contribution in [0, 0.1) is 11.6 Å². The summed E-state index contributed by atoms with van der Waals surface area (Å²) in [4.78, 5) is 16.5. The molecule has 4 rings (SSSR count). The van der Waals surface area contributed by atoms with Gasteiger partial charge in [-0.05, 0) is 24.1 Å². The highest BCUT2D eigenvalue weighted by Crippen LogP contribution is 2.48. The molecule has 5 nitrogen and oxygen atoms in total. The number of likely N-dealkylation sites (N-methyl/N-ethyl adjacent to an activating group) is 1. The van der Waals surface area contributed by atoms with Gasteiger partial charge in [-0.15, -0.1) is 0 Å². The quantitative estimate of drug-likeness (QED) is 0.726. The predicted octanol–water partition coefficient (Wildman–Crippen LogP) is 3.12. The topological polar surface area (TPSA) is 42.0 Å². The van der Waals surface area contributed by atoms with Gasteiger partial charge in [0.05, 0.1) is 13.2 Å². The maximum Gasteiger partial charge on any atom is 0.251 e. The second-order valence-electron chi connectivity index (χ2n) is 8.15. The van der Waals surface area contributed by atoms with Gasteiger partial charge in [-0.25, -0.2) is 8.78 Å². The van der Waals surface area contributed by atoms with Crippen molar-refractivity contribution in [2.75, 3.05) is 45.4 Å². The van der Waals surface area contributed by atoms with Crippen molar-refractivity contribution in [2.45, 2.75) is 24.5 Å². The Morgan fingerprint density at radius 3 is 2.87 bits per heavy atom. The first-order chi connectivity index (χ1) is 14.4. The lowest BCUT2D eigenvalue weighted by Crippen LogP contribution is -2.39. The molecule has 30 heavy (non-hydrogen) atoms. The van der Waals surface area contributed by atoms with E-state index in [4.69, 9.17) is 9.47 Å². The van der Waals surface area contributed by atoms with Gasteiger partial charge in [0.1, 0.15) is 17.7 Å². The highest BCUT2D eigenvalue weighted by atomic mass is 19.1. The van der Waals surface area contributed by atoms with Gasteiger partial charge in [-0.1, -0.05) is 24.3 Å². The van der Waals surface area contributed by atoms with Gasteiger partial charge in [0, 0.05) is 56.5 Å². The maximum atomic E-state index is 14.3. The number of carbonyl (C=O) groups excluding carboxylic acids is 1. The zero-order chi connectivity index (χ0) is 21.3. The number of para-hydroxylation sites is 1. The van der Waals surface area contributed by atoms with E-state index in [0.29, 0.717) is 44.8 Å². The van der Waals surface area contributed by atoms with Crippen molar-refractivity contribution in [2.24, 2.45) is 0 Å². The van der Waals surface area contributed by atoms with Gasteiger partial charge in [0.15, 0.2) is 0 Å². The van der Waals surface area contributed by atoms with Crippen LogP contribution in [0.3, 0.4) is 0 Å². The highest BCUT2D eigenvalue weighted by Gasteiger charge is 2.50. The smallest absolute Gasteiger partial charge is 0.251 e. The second kappa shape index (κ2) is 8.32. The predicted molar refractivity (Wildman–Crippen MR) is 109 cm³/mol. The minimum Gasteiger partial charge on any atom is -0.383 e. The van der Waals surface area contributed by atoms with Crippen LogP contribution in [-0.4, -0.2) is 57.4 Å². The van der Waals surface area contributed by atoms with Crippen molar-refractivity contribution in [3.05, 3.63) is 65.2 Å². The van der Waals surface area contributed by atoms with E-state index >= 15 is 0 Å². The van der Waals surface area contributed by atoms with E-state index in [2.05, 4.69) is 11.0 Å². The number of anilines is 1. The van der Waals surface area contributed by atoms with Crippen LogP contribution in [0.1, 0.15) is 17.5 Å². The monoisotopic (exact) mass is 416 g/mol. The van der Waals surface area contributed by atoms with Crippen molar-refractivity contribution in [3.63, 3.8) is 0 Å². The summed E-state index contributed by atoms with van der Waals surface area (Å²) in [5.41, 5.74) is 2.23. The molecule has 7 heteroatoms. The number of benzene rings is 2. The first kappa shape index (κ1) is 20.8. The molecule has 2 heterocycles. The largest absolute Gasteiger partial charge is 0.383 e. The molecule has 1 fully saturated rings. The number of nitrogens with zero attached hydrogens (tertiary/aromatic N) is 2. The zero-order valence-electron chi connectivity index (χ0n) is 17.2. The molecule has 2 atom stereocenters. The summed E-state index contributed by atoms with van der Waals surface area (Å²) in [6.07, 6.45) is 0.0603. The summed E-state index contributed by atoms with van der Waals surface area (Å²) in [5.74, 6) is -1.19. The summed E-state index contributed by atoms with van der Waals surface area (Å²) in [7, 11) is 3.36. The van der Waals surface area contributed by atoms with Gasteiger partial charge < -0.3 is 19.3 Å². The Bertz CT molecular complexity index is 938. The molecule has 160 valence electrons. The lowest BCUT2D eigenvalue weighted by molar-refractivity contribution is -0.140. The Hall–Kier alpha value is -2.51. The highest BCUT2D eigenvalue weighted by molar-refractivity contribution is 5.81. The molecule has 1 amide bonds. The van der Waals surface area contributed by atoms with Crippen LogP contribution in [0.5, 0.6) is 0 Å². The number of rotatable bonds is 6. The average molecular weight is 416 g/mol. The van der Waals surface area contributed by atoms with Crippen molar-refractivity contribution in [1.29, 1.82) is 0 Å². The van der Waals surface area contributed by atoms with E-state index in [1.165, 1.54) is 12.1 Å². The van der Waals surface area contributed by atoms with Crippen LogP contribution >= 0.6 is 0 Å². The van der Waals surface area contributed by atoms with Crippen molar-refractivity contribution in [1.82, 2.24) is 4.90 Å². The fraction of sp³-hybridized carbons (Fsp3) is 0.435. The molecule has 0 aromatic heterocycles. The Kier molecular flexibility index (Phi) is 5.75. The fourth-order valence-electron chi connectivity index (χ4n) is 4.50. The standard InChI is InChI=1S/C23H26F2N2O3/c1-26(9-10-29-2)22(28)21-12-23(15-30-21)14-27(20-6-4-3-5-18(20)23)13-16-7-8-17(24)11-19(16)25/h3-8,11,21H,9-10,12-15H2,1-2H3. The first-order valence-electron chi connectivity index (χ1n) is 10.1. The van der Waals surface area contributed by atoms with E-state index in [-0.39, 0.29) is 11.3 Å². The van der Waals surface area contributed by atoms with E-state index < -0.39 is 17.7 Å². The van der Waals surface area contributed by atoms with E-state index in [9.17, 15) is 13.6 Å². The summed E-state index contributed by atoms with van der Waals surface area (Å²) >= 11 is 0. The Morgan fingerprint density at radius 2 is 2.10 bits per heavy atom. The third kappa shape index (κ3) is 3.79.